The zero-order valence-electron chi connectivity index (χ0n) is 24.5. The van der Waals surface area contributed by atoms with Crippen LogP contribution in [0.3, 0.4) is 0 Å². The third-order valence-corrected chi connectivity index (χ3v) is 8.38. The summed E-state index contributed by atoms with van der Waals surface area (Å²) >= 11 is 5.71. The summed E-state index contributed by atoms with van der Waals surface area (Å²) in [5.74, 6) is -3.55. The van der Waals surface area contributed by atoms with Crippen molar-refractivity contribution in [2.75, 3.05) is 28.4 Å². The van der Waals surface area contributed by atoms with E-state index in [1.807, 2.05) is 6.92 Å². The summed E-state index contributed by atoms with van der Waals surface area (Å²) in [7, 11) is -0.999. The fraction of sp³-hybridized carbons (Fsp3) is 0.433. The largest absolute Gasteiger partial charge is 0.477 e. The second-order valence-electron chi connectivity index (χ2n) is 10.7. The number of nitrogens with zero attached hydrogens (tertiary/aromatic N) is 5. The van der Waals surface area contributed by atoms with Gasteiger partial charge in [0.2, 0.25) is 5.88 Å². The monoisotopic (exact) mass is 631 g/mol. The molecular weight excluding hydrogens is 599 g/mol. The van der Waals surface area contributed by atoms with Crippen LogP contribution < -0.4 is 14.5 Å². The van der Waals surface area contributed by atoms with Gasteiger partial charge in [-0.3, -0.25) is 13.9 Å². The summed E-state index contributed by atoms with van der Waals surface area (Å²) < 4.78 is 63.0. The predicted octanol–water partition coefficient (Wildman–Crippen LogP) is 6.16. The van der Waals surface area contributed by atoms with Gasteiger partial charge in [0.15, 0.2) is 10.9 Å². The number of carbonyl (C=O) groups is 1. The first-order valence-electron chi connectivity index (χ1n) is 13.8. The molecule has 43 heavy (non-hydrogen) atoms. The van der Waals surface area contributed by atoms with E-state index >= 15 is 13.2 Å². The molecule has 0 saturated carbocycles. The van der Waals surface area contributed by atoms with E-state index in [9.17, 15) is 14.3 Å². The third kappa shape index (κ3) is 6.21. The maximum absolute atomic E-state index is 15.7. The van der Waals surface area contributed by atoms with Crippen LogP contribution in [0.1, 0.15) is 63.9 Å². The van der Waals surface area contributed by atoms with E-state index in [1.54, 1.807) is 39.2 Å². The molecule has 0 aliphatic carbocycles. The van der Waals surface area contributed by atoms with Crippen LogP contribution in [0.5, 0.6) is 5.88 Å². The zero-order chi connectivity index (χ0) is 31.7. The second-order valence-corrected chi connectivity index (χ2v) is 12.6. The number of nitriles is 1. The summed E-state index contributed by atoms with van der Waals surface area (Å²) in [6, 6.07) is 8.35. The molecule has 1 aromatic heterocycles. The molecule has 228 valence electrons. The van der Waals surface area contributed by atoms with Crippen LogP contribution in [-0.4, -0.2) is 49.4 Å². The van der Waals surface area contributed by atoms with Crippen LogP contribution >= 0.6 is 12.2 Å². The smallest absolute Gasteiger partial charge is 0.274 e. The standard InChI is InChI=1S/C30H32F3N5O3S2/c1-6-11-30(32,33)22-15-19(10-9-18(22)17-34)37-27(39)29(3,4)38(28(37)42)20-14-21-25(23(31)16-20)35-24(7-2)36-26(21)41-12-8-13-43(5)40/h9-10,14-16H,6-8,11-13H2,1-5H3. The lowest BCUT2D eigenvalue weighted by Gasteiger charge is -2.29. The van der Waals surface area contributed by atoms with Gasteiger partial charge in [0.05, 0.1) is 29.3 Å². The fourth-order valence-corrected chi connectivity index (χ4v) is 6.04. The molecule has 4 rings (SSSR count). The number of ether oxygens (including phenoxy) is 1. The Labute approximate surface area is 256 Å². The average molecular weight is 632 g/mol. The average Bonchev–Trinajstić information content (AvgIpc) is 3.13. The lowest BCUT2D eigenvalue weighted by Crippen LogP contribution is -2.44. The maximum Gasteiger partial charge on any atom is 0.274 e. The zero-order valence-corrected chi connectivity index (χ0v) is 26.2. The molecule has 8 nitrogen and oxygen atoms in total. The Bertz CT molecular complexity index is 1660. The number of halogens is 3. The lowest BCUT2D eigenvalue weighted by molar-refractivity contribution is -0.120. The molecular formula is C30H32F3N5O3S2. The van der Waals surface area contributed by atoms with Crippen molar-refractivity contribution in [3.63, 3.8) is 0 Å². The first-order valence-corrected chi connectivity index (χ1v) is 15.9. The summed E-state index contributed by atoms with van der Waals surface area (Å²) in [5.41, 5.74) is -1.70. The van der Waals surface area contributed by atoms with Crippen molar-refractivity contribution in [1.29, 1.82) is 5.26 Å². The molecule has 0 N–H and O–H groups in total. The van der Waals surface area contributed by atoms with Gasteiger partial charge in [-0.15, -0.1) is 0 Å². The molecule has 2 aromatic carbocycles. The van der Waals surface area contributed by atoms with Crippen molar-refractivity contribution in [2.24, 2.45) is 0 Å². The number of aryl methyl sites for hydroxylation is 1. The van der Waals surface area contributed by atoms with Gasteiger partial charge >= 0.3 is 0 Å². The topological polar surface area (TPSA) is 99.4 Å². The highest BCUT2D eigenvalue weighted by atomic mass is 32.2. The molecule has 1 unspecified atom stereocenters. The van der Waals surface area contributed by atoms with E-state index in [2.05, 4.69) is 9.97 Å². The van der Waals surface area contributed by atoms with Gasteiger partial charge < -0.3 is 9.64 Å². The Balaban J connectivity index is 1.80. The highest BCUT2D eigenvalue weighted by Gasteiger charge is 2.51. The quantitative estimate of drug-likeness (QED) is 0.183. The minimum absolute atomic E-state index is 0.0330. The van der Waals surface area contributed by atoms with Crippen LogP contribution in [-0.2, 0) is 27.9 Å². The molecule has 2 heterocycles. The van der Waals surface area contributed by atoms with Crippen LogP contribution in [0.2, 0.25) is 0 Å². The third-order valence-electron chi connectivity index (χ3n) is 7.15. The fourth-order valence-electron chi connectivity index (χ4n) is 5.00. The van der Waals surface area contributed by atoms with Crippen LogP contribution in [0, 0.1) is 17.1 Å². The maximum atomic E-state index is 15.7. The van der Waals surface area contributed by atoms with E-state index < -0.39 is 46.0 Å². The molecule has 1 aliphatic heterocycles. The summed E-state index contributed by atoms with van der Waals surface area (Å²) in [5, 5.41) is 9.68. The molecule has 0 bridgehead atoms. The SMILES string of the molecule is CCCC(F)(F)c1cc(N2C(=O)C(C)(C)N(c3cc(F)c4nc(CC)nc(OCCCS(C)=O)c4c3)C2=S)ccc1C#N. The molecule has 1 atom stereocenters. The number of amides is 1. The number of benzene rings is 2. The van der Waals surface area contributed by atoms with Crippen molar-refractivity contribution in [3.05, 3.63) is 53.1 Å². The molecule has 1 amide bonds. The number of hydrogen-bond donors (Lipinski definition) is 0. The number of thiocarbonyl (C=S) groups is 1. The van der Waals surface area contributed by atoms with E-state index in [0.717, 1.165) is 11.0 Å². The molecule has 0 radical (unpaired) electrons. The van der Waals surface area contributed by atoms with Gasteiger partial charge in [-0.1, -0.05) is 20.3 Å². The number of aromatic nitrogens is 2. The van der Waals surface area contributed by atoms with Crippen LogP contribution in [0.4, 0.5) is 24.5 Å². The van der Waals surface area contributed by atoms with Crippen molar-refractivity contribution < 1.29 is 26.9 Å². The van der Waals surface area contributed by atoms with E-state index in [1.165, 1.54) is 23.1 Å². The molecule has 1 saturated heterocycles. The number of fused-ring (bicyclic) bond motifs is 1. The van der Waals surface area contributed by atoms with Crippen molar-refractivity contribution >= 4 is 56.3 Å². The Morgan fingerprint density at radius 3 is 2.51 bits per heavy atom. The number of carbonyl (C=O) groups excluding carboxylic acids is 1. The number of rotatable bonds is 11. The molecule has 1 fully saturated rings. The first kappa shape index (κ1) is 32.3. The minimum atomic E-state index is -3.29. The lowest BCUT2D eigenvalue weighted by atomic mass is 9.97. The minimum Gasteiger partial charge on any atom is -0.477 e. The van der Waals surface area contributed by atoms with Gasteiger partial charge in [0.1, 0.15) is 16.9 Å². The van der Waals surface area contributed by atoms with E-state index in [4.69, 9.17) is 17.0 Å². The second kappa shape index (κ2) is 12.5. The summed E-state index contributed by atoms with van der Waals surface area (Å²) in [4.78, 5) is 25.1. The Hall–Kier alpha value is -3.63. The summed E-state index contributed by atoms with van der Waals surface area (Å²) in [6.07, 6.45) is 2.24. The molecule has 3 aromatic rings. The van der Waals surface area contributed by atoms with Crippen molar-refractivity contribution in [2.45, 2.75) is 64.8 Å². The van der Waals surface area contributed by atoms with Crippen molar-refractivity contribution in [1.82, 2.24) is 9.97 Å². The summed E-state index contributed by atoms with van der Waals surface area (Å²) in [6.45, 7) is 6.83. The number of alkyl halides is 2. The number of anilines is 2. The van der Waals surface area contributed by atoms with Gasteiger partial charge in [0.25, 0.3) is 11.8 Å². The molecule has 1 aliphatic rings. The number of hydrogen-bond acceptors (Lipinski definition) is 7. The predicted molar refractivity (Wildman–Crippen MR) is 165 cm³/mol. The van der Waals surface area contributed by atoms with Gasteiger partial charge in [-0.25, -0.2) is 18.2 Å². The Kier molecular flexibility index (Phi) is 9.42. The van der Waals surface area contributed by atoms with Gasteiger partial charge in [-0.2, -0.15) is 10.2 Å². The highest BCUT2D eigenvalue weighted by molar-refractivity contribution is 7.84. The van der Waals surface area contributed by atoms with Crippen molar-refractivity contribution in [3.8, 4) is 11.9 Å². The van der Waals surface area contributed by atoms with Crippen LogP contribution in [0.25, 0.3) is 10.9 Å². The highest BCUT2D eigenvalue weighted by Crippen LogP contribution is 2.42. The van der Waals surface area contributed by atoms with Crippen LogP contribution in [0.15, 0.2) is 30.3 Å². The van der Waals surface area contributed by atoms with Gasteiger partial charge in [-0.05, 0) is 62.8 Å². The Morgan fingerprint density at radius 1 is 1.16 bits per heavy atom. The normalized spacial score (nSPS) is 15.7. The van der Waals surface area contributed by atoms with E-state index in [0.29, 0.717) is 24.4 Å². The van der Waals surface area contributed by atoms with Gasteiger partial charge in [0, 0.05) is 46.9 Å². The first-order chi connectivity index (χ1) is 20.3. The molecule has 0 spiro atoms. The molecule has 13 heteroatoms. The Morgan fingerprint density at radius 2 is 1.88 bits per heavy atom. The van der Waals surface area contributed by atoms with E-state index in [-0.39, 0.29) is 51.9 Å².